The van der Waals surface area contributed by atoms with Crippen molar-refractivity contribution in [3.05, 3.63) is 94.3 Å². The Balaban J connectivity index is 1.30. The topological polar surface area (TPSA) is 87.7 Å². The Morgan fingerprint density at radius 3 is 2.18 bits per heavy atom. The van der Waals surface area contributed by atoms with Crippen molar-refractivity contribution >= 4 is 23.4 Å². The van der Waals surface area contributed by atoms with E-state index in [1.807, 2.05) is 55.1 Å². The fourth-order valence-corrected chi connectivity index (χ4v) is 4.75. The Labute approximate surface area is 228 Å². The molecule has 1 aliphatic rings. The van der Waals surface area contributed by atoms with Gasteiger partial charge in [0.15, 0.2) is 0 Å². The summed E-state index contributed by atoms with van der Waals surface area (Å²) < 4.78 is 18.5. The minimum atomic E-state index is -0.778. The van der Waals surface area contributed by atoms with Crippen LogP contribution in [-0.4, -0.2) is 48.9 Å². The first-order chi connectivity index (χ1) is 18.7. The van der Waals surface area contributed by atoms with Crippen molar-refractivity contribution in [2.45, 2.75) is 45.6 Å². The fraction of sp³-hybridized carbons (Fsp3) is 0.323. The summed E-state index contributed by atoms with van der Waals surface area (Å²) in [6.45, 7) is 6.90. The summed E-state index contributed by atoms with van der Waals surface area (Å²) in [4.78, 5) is 40.0. The number of halogens is 1. The zero-order valence-electron chi connectivity index (χ0n) is 22.7. The van der Waals surface area contributed by atoms with E-state index in [2.05, 4.69) is 10.6 Å². The van der Waals surface area contributed by atoms with E-state index in [9.17, 15) is 18.8 Å². The first kappa shape index (κ1) is 27.8. The van der Waals surface area contributed by atoms with E-state index in [1.165, 1.54) is 24.3 Å². The van der Waals surface area contributed by atoms with E-state index < -0.39 is 17.8 Å². The van der Waals surface area contributed by atoms with Crippen LogP contribution in [0, 0.1) is 19.7 Å². The second-order valence-corrected chi connectivity index (χ2v) is 10.0. The molecule has 39 heavy (non-hydrogen) atoms. The quantitative estimate of drug-likeness (QED) is 0.437. The number of hydrogen-bond acceptors (Lipinski definition) is 4. The van der Waals surface area contributed by atoms with Gasteiger partial charge in [0.05, 0.1) is 12.7 Å². The molecule has 1 fully saturated rings. The highest BCUT2D eigenvalue weighted by Gasteiger charge is 2.27. The van der Waals surface area contributed by atoms with Gasteiger partial charge < -0.3 is 20.3 Å². The number of methoxy groups -OCH3 is 1. The highest BCUT2D eigenvalue weighted by Crippen LogP contribution is 2.31. The molecule has 1 saturated heterocycles. The second kappa shape index (κ2) is 12.1. The third-order valence-corrected chi connectivity index (χ3v) is 7.33. The van der Waals surface area contributed by atoms with Gasteiger partial charge in [-0.1, -0.05) is 12.1 Å². The number of anilines is 1. The minimum absolute atomic E-state index is 0.00732. The average Bonchev–Trinajstić information content (AvgIpc) is 2.94. The Hall–Kier alpha value is -4.20. The number of aryl methyl sites for hydroxylation is 2. The van der Waals surface area contributed by atoms with Gasteiger partial charge in [-0.05, 0) is 105 Å². The largest absolute Gasteiger partial charge is 0.496 e. The number of carbonyl (C=O) groups excluding carboxylic acids is 3. The highest BCUT2D eigenvalue weighted by molar-refractivity contribution is 6.01. The Kier molecular flexibility index (Phi) is 8.64. The van der Waals surface area contributed by atoms with Crippen LogP contribution < -0.4 is 15.4 Å². The molecule has 1 unspecified atom stereocenters. The normalized spacial score (nSPS) is 14.4. The van der Waals surface area contributed by atoms with Crippen molar-refractivity contribution in [3.63, 3.8) is 0 Å². The Morgan fingerprint density at radius 1 is 0.949 bits per heavy atom. The summed E-state index contributed by atoms with van der Waals surface area (Å²) in [5, 5.41) is 5.44. The van der Waals surface area contributed by atoms with Crippen molar-refractivity contribution in [1.82, 2.24) is 10.2 Å². The Morgan fingerprint density at radius 2 is 1.56 bits per heavy atom. The van der Waals surface area contributed by atoms with Crippen LogP contribution in [0.5, 0.6) is 5.75 Å². The van der Waals surface area contributed by atoms with Crippen molar-refractivity contribution in [3.8, 4) is 5.75 Å². The molecule has 0 aromatic heterocycles. The van der Waals surface area contributed by atoms with Crippen LogP contribution in [0.25, 0.3) is 0 Å². The van der Waals surface area contributed by atoms with E-state index in [4.69, 9.17) is 4.74 Å². The number of likely N-dealkylation sites (tertiary alicyclic amines) is 1. The van der Waals surface area contributed by atoms with Gasteiger partial charge in [0.2, 0.25) is 5.91 Å². The van der Waals surface area contributed by atoms with Gasteiger partial charge in [-0.3, -0.25) is 14.4 Å². The van der Waals surface area contributed by atoms with Gasteiger partial charge in [-0.15, -0.1) is 0 Å². The number of amides is 3. The lowest BCUT2D eigenvalue weighted by atomic mass is 9.89. The number of nitrogens with zero attached hydrogens (tertiary/aromatic N) is 1. The number of benzene rings is 3. The summed E-state index contributed by atoms with van der Waals surface area (Å²) in [5.74, 6) is -0.327. The predicted molar refractivity (Wildman–Crippen MR) is 149 cm³/mol. The Bertz CT molecular complexity index is 1350. The molecule has 0 spiro atoms. The number of hydrogen-bond donors (Lipinski definition) is 2. The molecule has 3 aromatic carbocycles. The van der Waals surface area contributed by atoms with Gasteiger partial charge in [0.25, 0.3) is 11.8 Å². The maximum absolute atomic E-state index is 13.2. The third kappa shape index (κ3) is 6.63. The minimum Gasteiger partial charge on any atom is -0.496 e. The van der Waals surface area contributed by atoms with Crippen LogP contribution in [0.3, 0.4) is 0 Å². The molecule has 0 aliphatic carbocycles. The zero-order valence-corrected chi connectivity index (χ0v) is 22.7. The molecule has 1 aliphatic heterocycles. The molecule has 1 atom stereocenters. The molecular weight excluding hydrogens is 497 g/mol. The van der Waals surface area contributed by atoms with E-state index >= 15 is 0 Å². The highest BCUT2D eigenvalue weighted by atomic mass is 19.1. The van der Waals surface area contributed by atoms with Crippen LogP contribution in [-0.2, 0) is 4.79 Å². The predicted octanol–water partition coefficient (Wildman–Crippen LogP) is 5.23. The number of carbonyl (C=O) groups is 3. The smallest absolute Gasteiger partial charge is 0.257 e. The van der Waals surface area contributed by atoms with E-state index in [0.717, 1.165) is 29.5 Å². The van der Waals surface area contributed by atoms with Crippen molar-refractivity contribution in [1.29, 1.82) is 0 Å². The molecular formula is C31H34FN3O4. The summed E-state index contributed by atoms with van der Waals surface area (Å²) in [5.41, 5.74) is 4.81. The van der Waals surface area contributed by atoms with Crippen LogP contribution in [0.1, 0.15) is 63.1 Å². The first-order valence-corrected chi connectivity index (χ1v) is 13.1. The fourth-order valence-electron chi connectivity index (χ4n) is 4.75. The van der Waals surface area contributed by atoms with Crippen LogP contribution in [0.15, 0.2) is 60.7 Å². The lowest BCUT2D eigenvalue weighted by Crippen LogP contribution is -2.41. The molecule has 8 heteroatoms. The molecule has 1 heterocycles. The summed E-state index contributed by atoms with van der Waals surface area (Å²) >= 11 is 0. The van der Waals surface area contributed by atoms with Crippen molar-refractivity contribution in [2.75, 3.05) is 25.5 Å². The summed E-state index contributed by atoms with van der Waals surface area (Å²) in [6.07, 6.45) is 1.69. The molecule has 2 N–H and O–H groups in total. The van der Waals surface area contributed by atoms with Crippen molar-refractivity contribution < 1.29 is 23.5 Å². The maximum Gasteiger partial charge on any atom is 0.257 e. The van der Waals surface area contributed by atoms with Crippen LogP contribution in [0.2, 0.25) is 0 Å². The molecule has 0 radical (unpaired) electrons. The first-order valence-electron chi connectivity index (χ1n) is 13.1. The molecule has 0 bridgehead atoms. The van der Waals surface area contributed by atoms with E-state index in [1.54, 1.807) is 14.0 Å². The van der Waals surface area contributed by atoms with Gasteiger partial charge in [-0.25, -0.2) is 4.39 Å². The molecule has 3 aromatic rings. The van der Waals surface area contributed by atoms with Crippen molar-refractivity contribution in [2.24, 2.45) is 0 Å². The van der Waals surface area contributed by atoms with Gasteiger partial charge in [-0.2, -0.15) is 0 Å². The summed E-state index contributed by atoms with van der Waals surface area (Å²) in [7, 11) is 1.59. The standard InChI is InChI=1S/C31H34FN3O4/c1-19-17-27(28(39-4)18-20(19)2)31(38)35-15-13-23(14-16-35)22-7-11-26(12-8-22)34-29(36)21(3)33-30(37)24-5-9-25(32)10-6-24/h5-12,17-18,21,23H,13-16H2,1-4H3,(H,33,37)(H,34,36). The number of piperidine rings is 1. The van der Waals surface area contributed by atoms with Crippen LogP contribution >= 0.6 is 0 Å². The zero-order chi connectivity index (χ0) is 28.1. The number of rotatable bonds is 7. The molecule has 3 amide bonds. The van der Waals surface area contributed by atoms with E-state index in [0.29, 0.717) is 36.0 Å². The number of nitrogens with one attached hydrogen (secondary N) is 2. The van der Waals surface area contributed by atoms with Gasteiger partial charge in [0, 0.05) is 24.3 Å². The van der Waals surface area contributed by atoms with E-state index in [-0.39, 0.29) is 17.4 Å². The lowest BCUT2D eigenvalue weighted by Gasteiger charge is -2.32. The molecule has 4 rings (SSSR count). The average molecular weight is 532 g/mol. The molecule has 0 saturated carbocycles. The maximum atomic E-state index is 13.2. The molecule has 7 nitrogen and oxygen atoms in total. The second-order valence-electron chi connectivity index (χ2n) is 10.0. The van der Waals surface area contributed by atoms with Gasteiger partial charge >= 0.3 is 0 Å². The summed E-state index contributed by atoms with van der Waals surface area (Å²) in [6, 6.07) is 15.9. The monoisotopic (exact) mass is 531 g/mol. The van der Waals surface area contributed by atoms with Gasteiger partial charge in [0.1, 0.15) is 17.6 Å². The number of ether oxygens (including phenoxy) is 1. The molecule has 204 valence electrons. The van der Waals surface area contributed by atoms with Crippen LogP contribution in [0.4, 0.5) is 10.1 Å². The SMILES string of the molecule is COc1cc(C)c(C)cc1C(=O)N1CCC(c2ccc(NC(=O)C(C)NC(=O)c3ccc(F)cc3)cc2)CC1. The third-order valence-electron chi connectivity index (χ3n) is 7.33. The lowest BCUT2D eigenvalue weighted by molar-refractivity contribution is -0.117.